The van der Waals surface area contributed by atoms with Gasteiger partial charge in [0.15, 0.2) is 5.76 Å². The SMILES string of the molecule is O=C(NCC(O)c1ccco1)c1ccc(COc2cccc(Br)c2)o1. The fourth-order valence-corrected chi connectivity index (χ4v) is 2.52. The Morgan fingerprint density at radius 2 is 2.12 bits per heavy atom. The molecule has 6 nitrogen and oxygen atoms in total. The number of ether oxygens (including phenoxy) is 1. The van der Waals surface area contributed by atoms with Crippen molar-refractivity contribution in [1.82, 2.24) is 5.32 Å². The summed E-state index contributed by atoms with van der Waals surface area (Å²) in [5.74, 6) is 1.34. The van der Waals surface area contributed by atoms with Gasteiger partial charge in [-0.3, -0.25) is 4.79 Å². The average Bonchev–Trinajstić information content (AvgIpc) is 3.29. The summed E-state index contributed by atoms with van der Waals surface area (Å²) in [6.07, 6.45) is 0.554. The van der Waals surface area contributed by atoms with Crippen LogP contribution in [0, 0.1) is 0 Å². The fraction of sp³-hybridized carbons (Fsp3) is 0.167. The normalized spacial score (nSPS) is 11.9. The van der Waals surface area contributed by atoms with Gasteiger partial charge in [-0.15, -0.1) is 0 Å². The number of furan rings is 2. The van der Waals surface area contributed by atoms with E-state index in [2.05, 4.69) is 21.2 Å². The fourth-order valence-electron chi connectivity index (χ4n) is 2.15. The van der Waals surface area contributed by atoms with Gasteiger partial charge in [-0.25, -0.2) is 0 Å². The smallest absolute Gasteiger partial charge is 0.287 e. The third-order valence-electron chi connectivity index (χ3n) is 3.39. The Labute approximate surface area is 152 Å². The van der Waals surface area contributed by atoms with E-state index >= 15 is 0 Å². The van der Waals surface area contributed by atoms with E-state index in [9.17, 15) is 9.90 Å². The van der Waals surface area contributed by atoms with Crippen molar-refractivity contribution in [1.29, 1.82) is 0 Å². The molecule has 0 spiro atoms. The van der Waals surface area contributed by atoms with Gasteiger partial charge in [-0.05, 0) is 42.5 Å². The second kappa shape index (κ2) is 8.04. The predicted molar refractivity (Wildman–Crippen MR) is 93.2 cm³/mol. The van der Waals surface area contributed by atoms with Crippen molar-refractivity contribution < 1.29 is 23.5 Å². The van der Waals surface area contributed by atoms with Gasteiger partial charge < -0.3 is 24.0 Å². The summed E-state index contributed by atoms with van der Waals surface area (Å²) >= 11 is 3.37. The number of aliphatic hydroxyl groups excluding tert-OH is 1. The van der Waals surface area contributed by atoms with Gasteiger partial charge in [0.2, 0.25) is 0 Å². The highest BCUT2D eigenvalue weighted by molar-refractivity contribution is 9.10. The van der Waals surface area contributed by atoms with Crippen molar-refractivity contribution in [3.8, 4) is 5.75 Å². The van der Waals surface area contributed by atoms with Crippen LogP contribution in [0.3, 0.4) is 0 Å². The van der Waals surface area contributed by atoms with Crippen LogP contribution in [0.2, 0.25) is 0 Å². The third kappa shape index (κ3) is 4.74. The van der Waals surface area contributed by atoms with Crippen molar-refractivity contribution in [3.05, 3.63) is 76.5 Å². The van der Waals surface area contributed by atoms with E-state index in [4.69, 9.17) is 13.6 Å². The lowest BCUT2D eigenvalue weighted by Gasteiger charge is -2.08. The lowest BCUT2D eigenvalue weighted by atomic mass is 10.2. The summed E-state index contributed by atoms with van der Waals surface area (Å²) in [7, 11) is 0. The van der Waals surface area contributed by atoms with Crippen molar-refractivity contribution >= 4 is 21.8 Å². The van der Waals surface area contributed by atoms with Crippen LogP contribution in [0.25, 0.3) is 0 Å². The lowest BCUT2D eigenvalue weighted by molar-refractivity contribution is 0.0870. The molecular weight excluding hydrogens is 390 g/mol. The summed E-state index contributed by atoms with van der Waals surface area (Å²) < 4.78 is 17.1. The van der Waals surface area contributed by atoms with Crippen molar-refractivity contribution in [3.63, 3.8) is 0 Å². The first-order valence-electron chi connectivity index (χ1n) is 7.58. The highest BCUT2D eigenvalue weighted by Crippen LogP contribution is 2.19. The first-order valence-corrected chi connectivity index (χ1v) is 8.38. The van der Waals surface area contributed by atoms with E-state index in [1.54, 1.807) is 24.3 Å². The van der Waals surface area contributed by atoms with E-state index in [0.29, 0.717) is 17.3 Å². The minimum absolute atomic E-state index is 0.0247. The second-order valence-electron chi connectivity index (χ2n) is 5.25. The standard InChI is InChI=1S/C18H16BrNO5/c19-12-3-1-4-13(9-12)24-11-14-6-7-17(25-14)18(22)20-10-15(21)16-5-2-8-23-16/h1-9,15,21H,10-11H2,(H,20,22). The molecule has 0 radical (unpaired) electrons. The van der Waals surface area contributed by atoms with Crippen LogP contribution >= 0.6 is 15.9 Å². The summed E-state index contributed by atoms with van der Waals surface area (Å²) in [5, 5.41) is 12.5. The van der Waals surface area contributed by atoms with Gasteiger partial charge in [-0.2, -0.15) is 0 Å². The van der Waals surface area contributed by atoms with E-state index in [0.717, 1.165) is 4.47 Å². The predicted octanol–water partition coefficient (Wildman–Crippen LogP) is 3.68. The molecule has 3 aromatic rings. The number of hydrogen-bond acceptors (Lipinski definition) is 5. The molecule has 0 aliphatic heterocycles. The third-order valence-corrected chi connectivity index (χ3v) is 3.88. The summed E-state index contributed by atoms with van der Waals surface area (Å²) in [6, 6.07) is 14.0. The number of benzene rings is 1. The highest BCUT2D eigenvalue weighted by Gasteiger charge is 2.15. The molecule has 7 heteroatoms. The van der Waals surface area contributed by atoms with Gasteiger partial charge in [0.05, 0.1) is 12.8 Å². The van der Waals surface area contributed by atoms with Crippen LogP contribution in [0.4, 0.5) is 0 Å². The molecule has 1 unspecified atom stereocenters. The van der Waals surface area contributed by atoms with Gasteiger partial charge in [0.1, 0.15) is 30.0 Å². The first kappa shape index (κ1) is 17.3. The quantitative estimate of drug-likeness (QED) is 0.626. The molecule has 1 aromatic carbocycles. The molecular formula is C18H16BrNO5. The van der Waals surface area contributed by atoms with Crippen LogP contribution in [-0.2, 0) is 6.61 Å². The maximum Gasteiger partial charge on any atom is 0.287 e. The molecule has 0 fully saturated rings. The maximum atomic E-state index is 12.1. The van der Waals surface area contributed by atoms with E-state index in [-0.39, 0.29) is 18.9 Å². The van der Waals surface area contributed by atoms with Gasteiger partial charge >= 0.3 is 0 Å². The number of carbonyl (C=O) groups excluding carboxylic acids is 1. The van der Waals surface area contributed by atoms with Gasteiger partial charge in [-0.1, -0.05) is 22.0 Å². The monoisotopic (exact) mass is 405 g/mol. The van der Waals surface area contributed by atoms with Crippen LogP contribution < -0.4 is 10.1 Å². The Kier molecular flexibility index (Phi) is 5.57. The highest BCUT2D eigenvalue weighted by atomic mass is 79.9. The number of nitrogens with one attached hydrogen (secondary N) is 1. The zero-order chi connectivity index (χ0) is 17.6. The molecule has 1 amide bonds. The van der Waals surface area contributed by atoms with Crippen molar-refractivity contribution in [2.45, 2.75) is 12.7 Å². The minimum atomic E-state index is -0.909. The van der Waals surface area contributed by atoms with Crippen LogP contribution in [0.15, 0.2) is 68.1 Å². The number of carbonyl (C=O) groups is 1. The van der Waals surface area contributed by atoms with Gasteiger partial charge in [0.25, 0.3) is 5.91 Å². The lowest BCUT2D eigenvalue weighted by Crippen LogP contribution is -2.27. The number of aliphatic hydroxyl groups is 1. The Morgan fingerprint density at radius 3 is 2.88 bits per heavy atom. The Balaban J connectivity index is 1.51. The molecule has 130 valence electrons. The van der Waals surface area contributed by atoms with Crippen molar-refractivity contribution in [2.75, 3.05) is 6.54 Å². The Hall–Kier alpha value is -2.51. The topological polar surface area (TPSA) is 84.8 Å². The summed E-state index contributed by atoms with van der Waals surface area (Å²) in [6.45, 7) is 0.232. The molecule has 25 heavy (non-hydrogen) atoms. The van der Waals surface area contributed by atoms with E-state index in [1.807, 2.05) is 24.3 Å². The Morgan fingerprint density at radius 1 is 1.24 bits per heavy atom. The van der Waals surface area contributed by atoms with Crippen LogP contribution in [0.5, 0.6) is 5.75 Å². The molecule has 1 atom stereocenters. The van der Waals surface area contributed by atoms with Crippen LogP contribution in [0.1, 0.15) is 28.2 Å². The number of hydrogen-bond donors (Lipinski definition) is 2. The molecule has 0 aliphatic carbocycles. The molecule has 0 saturated heterocycles. The number of halogens is 1. The number of rotatable bonds is 7. The largest absolute Gasteiger partial charge is 0.486 e. The first-order chi connectivity index (χ1) is 12.1. The van der Waals surface area contributed by atoms with Gasteiger partial charge in [0, 0.05) is 4.47 Å². The molecule has 2 N–H and O–H groups in total. The Bertz CT molecular complexity index is 828. The summed E-state index contributed by atoms with van der Waals surface area (Å²) in [5.41, 5.74) is 0. The molecule has 2 aromatic heterocycles. The average molecular weight is 406 g/mol. The minimum Gasteiger partial charge on any atom is -0.486 e. The van der Waals surface area contributed by atoms with Crippen molar-refractivity contribution in [2.24, 2.45) is 0 Å². The zero-order valence-electron chi connectivity index (χ0n) is 13.1. The zero-order valence-corrected chi connectivity index (χ0v) is 14.7. The molecule has 0 saturated carbocycles. The van der Waals surface area contributed by atoms with E-state index in [1.165, 1.54) is 6.26 Å². The van der Waals surface area contributed by atoms with E-state index < -0.39 is 12.0 Å². The molecule has 0 bridgehead atoms. The molecule has 3 rings (SSSR count). The van der Waals surface area contributed by atoms with Crippen LogP contribution in [-0.4, -0.2) is 17.6 Å². The number of amides is 1. The summed E-state index contributed by atoms with van der Waals surface area (Å²) in [4.78, 5) is 12.1. The second-order valence-corrected chi connectivity index (χ2v) is 6.17. The molecule has 0 aliphatic rings. The maximum absolute atomic E-state index is 12.1. The molecule has 2 heterocycles.